The summed E-state index contributed by atoms with van der Waals surface area (Å²) in [6.45, 7) is 10.0. The van der Waals surface area contributed by atoms with Crippen LogP contribution in [0.2, 0.25) is 0 Å². The van der Waals surface area contributed by atoms with Crippen molar-refractivity contribution in [2.45, 2.75) is 72.4 Å². The summed E-state index contributed by atoms with van der Waals surface area (Å²) < 4.78 is 10.8. The fourth-order valence-corrected chi connectivity index (χ4v) is 4.81. The Hall–Kier alpha value is -3.09. The Bertz CT molecular complexity index is 948. The molecule has 4 atom stereocenters. The number of rotatable bonds is 13. The highest BCUT2D eigenvalue weighted by Gasteiger charge is 2.32. The van der Waals surface area contributed by atoms with Gasteiger partial charge in [-0.2, -0.15) is 0 Å². The first kappa shape index (κ1) is 28.1. The molecule has 2 rings (SSSR count). The van der Waals surface area contributed by atoms with E-state index in [0.717, 1.165) is 25.7 Å². The summed E-state index contributed by atoms with van der Waals surface area (Å²) in [4.78, 5) is 29.3. The number of methoxy groups -OCH3 is 1. The molecule has 0 saturated carbocycles. The van der Waals surface area contributed by atoms with Gasteiger partial charge in [-0.1, -0.05) is 57.5 Å². The molecule has 0 aliphatic carbocycles. The number of aromatic hydroxyl groups is 1. The molecule has 1 heterocycles. The van der Waals surface area contributed by atoms with Crippen LogP contribution in [0.5, 0.6) is 11.5 Å². The highest BCUT2D eigenvalue weighted by atomic mass is 16.5. The lowest BCUT2D eigenvalue weighted by Crippen LogP contribution is -2.43. The maximum atomic E-state index is 12.8. The average Bonchev–Trinajstić information content (AvgIpc) is 2.83. The minimum absolute atomic E-state index is 0.131. The number of hydrogen-bond acceptors (Lipinski definition) is 6. The van der Waals surface area contributed by atoms with Crippen LogP contribution in [-0.2, 0) is 16.0 Å². The van der Waals surface area contributed by atoms with E-state index in [1.54, 1.807) is 6.92 Å². The molecule has 2 N–H and O–H groups in total. The number of aromatic nitrogens is 1. The van der Waals surface area contributed by atoms with E-state index in [-0.39, 0.29) is 29.2 Å². The van der Waals surface area contributed by atoms with Crippen molar-refractivity contribution >= 4 is 11.9 Å². The van der Waals surface area contributed by atoms with Crippen molar-refractivity contribution in [3.05, 3.63) is 53.9 Å². The van der Waals surface area contributed by atoms with Gasteiger partial charge in [0.25, 0.3) is 5.91 Å². The van der Waals surface area contributed by atoms with Gasteiger partial charge in [0.1, 0.15) is 12.1 Å². The van der Waals surface area contributed by atoms with E-state index in [4.69, 9.17) is 9.47 Å². The maximum Gasteiger partial charge on any atom is 0.328 e. The number of pyridine rings is 1. The molecule has 0 bridgehead atoms. The number of carbonyl (C=O) groups is 2. The van der Waals surface area contributed by atoms with Gasteiger partial charge in [-0.15, -0.1) is 0 Å². The second-order valence-corrected chi connectivity index (χ2v) is 9.42. The molecule has 0 spiro atoms. The van der Waals surface area contributed by atoms with Crippen molar-refractivity contribution in [3.8, 4) is 11.5 Å². The fourth-order valence-electron chi connectivity index (χ4n) is 4.81. The number of nitrogens with one attached hydrogen (secondary N) is 1. The van der Waals surface area contributed by atoms with Crippen molar-refractivity contribution in [1.29, 1.82) is 0 Å². The van der Waals surface area contributed by atoms with Gasteiger partial charge in [-0.3, -0.25) is 4.79 Å². The zero-order valence-corrected chi connectivity index (χ0v) is 21.8. The van der Waals surface area contributed by atoms with Crippen LogP contribution in [0.4, 0.5) is 0 Å². The van der Waals surface area contributed by atoms with E-state index in [1.165, 1.54) is 24.9 Å². The number of carbonyl (C=O) groups excluding carboxylic acids is 2. The van der Waals surface area contributed by atoms with Crippen LogP contribution in [0.1, 0.15) is 69.9 Å². The molecule has 7 heteroatoms. The average molecular weight is 485 g/mol. The first-order valence-corrected chi connectivity index (χ1v) is 12.5. The van der Waals surface area contributed by atoms with Crippen LogP contribution >= 0.6 is 0 Å². The Morgan fingerprint density at radius 2 is 1.77 bits per heavy atom. The first-order chi connectivity index (χ1) is 16.7. The lowest BCUT2D eigenvalue weighted by Gasteiger charge is -2.34. The topological polar surface area (TPSA) is 97.8 Å². The molecule has 1 aromatic heterocycles. The molecule has 0 aliphatic heterocycles. The Kier molecular flexibility index (Phi) is 11.0. The maximum absolute atomic E-state index is 12.8. The molecular weight excluding hydrogens is 444 g/mol. The number of nitrogens with zero attached hydrogens (tertiary/aromatic N) is 1. The zero-order chi connectivity index (χ0) is 26.0. The van der Waals surface area contributed by atoms with Gasteiger partial charge in [-0.05, 0) is 50.5 Å². The van der Waals surface area contributed by atoms with Crippen LogP contribution in [0.25, 0.3) is 0 Å². The minimum Gasteiger partial charge on any atom is -0.503 e. The number of benzene rings is 1. The predicted octanol–water partition coefficient (Wildman–Crippen LogP) is 5.17. The lowest BCUT2D eigenvalue weighted by atomic mass is 9.76. The fraction of sp³-hybridized carbons (Fsp3) is 0.536. The third-order valence-corrected chi connectivity index (χ3v) is 6.59. The molecule has 1 aromatic carbocycles. The first-order valence-electron chi connectivity index (χ1n) is 12.5. The van der Waals surface area contributed by atoms with Crippen molar-refractivity contribution in [2.75, 3.05) is 7.11 Å². The Morgan fingerprint density at radius 1 is 1.09 bits per heavy atom. The van der Waals surface area contributed by atoms with E-state index in [1.807, 2.05) is 13.0 Å². The highest BCUT2D eigenvalue weighted by Crippen LogP contribution is 2.33. The third kappa shape index (κ3) is 7.98. The second-order valence-electron chi connectivity index (χ2n) is 9.42. The molecule has 1 amide bonds. The normalized spacial score (nSPS) is 14.6. The number of ether oxygens (including phenoxy) is 2. The summed E-state index contributed by atoms with van der Waals surface area (Å²) in [5.41, 5.74) is 1.13. The van der Waals surface area contributed by atoms with Crippen LogP contribution in [0.15, 0.2) is 42.6 Å². The SMILES string of the molecule is CCC(CCCc1ccccc1)C(C(C)C)C(C)OC(=O)C(C)NC(=O)c1nccc(OC)c1O. The molecule has 192 valence electrons. The number of hydrogen-bond donors (Lipinski definition) is 2. The summed E-state index contributed by atoms with van der Waals surface area (Å²) in [6, 6.07) is 11.0. The monoisotopic (exact) mass is 484 g/mol. The molecular formula is C28H40N2O5. The molecule has 0 radical (unpaired) electrons. The van der Waals surface area contributed by atoms with Crippen LogP contribution < -0.4 is 10.1 Å². The van der Waals surface area contributed by atoms with Crippen molar-refractivity contribution in [3.63, 3.8) is 0 Å². The van der Waals surface area contributed by atoms with E-state index in [0.29, 0.717) is 11.8 Å². The van der Waals surface area contributed by atoms with Gasteiger partial charge in [-0.25, -0.2) is 9.78 Å². The minimum atomic E-state index is -0.900. The van der Waals surface area contributed by atoms with Gasteiger partial charge in [0, 0.05) is 18.2 Å². The summed E-state index contributed by atoms with van der Waals surface area (Å²) in [5, 5.41) is 12.7. The predicted molar refractivity (Wildman–Crippen MR) is 136 cm³/mol. The molecule has 35 heavy (non-hydrogen) atoms. The molecule has 4 unspecified atom stereocenters. The van der Waals surface area contributed by atoms with Crippen LogP contribution in [0, 0.1) is 17.8 Å². The largest absolute Gasteiger partial charge is 0.503 e. The number of esters is 1. The van der Waals surface area contributed by atoms with E-state index in [2.05, 4.69) is 55.3 Å². The summed E-state index contributed by atoms with van der Waals surface area (Å²) in [6.07, 6.45) is 5.23. The van der Waals surface area contributed by atoms with E-state index in [9.17, 15) is 14.7 Å². The molecule has 0 aliphatic rings. The molecule has 7 nitrogen and oxygen atoms in total. The van der Waals surface area contributed by atoms with Gasteiger partial charge < -0.3 is 19.9 Å². The lowest BCUT2D eigenvalue weighted by molar-refractivity contribution is -0.155. The molecule has 2 aromatic rings. The Labute approximate surface area is 209 Å². The molecule has 0 saturated heterocycles. The highest BCUT2D eigenvalue weighted by molar-refractivity contribution is 5.97. The van der Waals surface area contributed by atoms with Crippen molar-refractivity contribution in [1.82, 2.24) is 10.3 Å². The standard InChI is InChI=1S/C28H40N2O5/c1-7-22(15-11-14-21-12-9-8-10-13-21)24(18(2)3)20(5)35-28(33)19(4)30-27(32)25-26(31)23(34-6)16-17-29-25/h8-10,12-13,16-20,22,24,31H,7,11,14-15H2,1-6H3,(H,30,32). The smallest absolute Gasteiger partial charge is 0.328 e. The van der Waals surface area contributed by atoms with Crippen molar-refractivity contribution in [2.24, 2.45) is 17.8 Å². The van der Waals surface area contributed by atoms with Crippen LogP contribution in [-0.4, -0.2) is 41.2 Å². The van der Waals surface area contributed by atoms with Crippen LogP contribution in [0.3, 0.4) is 0 Å². The summed E-state index contributed by atoms with van der Waals surface area (Å²) in [5.74, 6) is -0.475. The van der Waals surface area contributed by atoms with E-state index < -0.39 is 17.9 Å². The zero-order valence-electron chi connectivity index (χ0n) is 21.8. The van der Waals surface area contributed by atoms with Gasteiger partial charge in [0.2, 0.25) is 0 Å². The number of amides is 1. The Balaban J connectivity index is 1.97. The van der Waals surface area contributed by atoms with Gasteiger partial charge >= 0.3 is 5.97 Å². The second kappa shape index (κ2) is 13.7. The summed E-state index contributed by atoms with van der Waals surface area (Å²) in [7, 11) is 1.38. The third-order valence-electron chi connectivity index (χ3n) is 6.59. The number of aryl methyl sites for hydroxylation is 1. The van der Waals surface area contributed by atoms with Crippen molar-refractivity contribution < 1.29 is 24.2 Å². The van der Waals surface area contributed by atoms with E-state index >= 15 is 0 Å². The molecule has 0 fully saturated rings. The quantitative estimate of drug-likeness (QED) is 0.381. The van der Waals surface area contributed by atoms with Gasteiger partial charge in [0.15, 0.2) is 17.2 Å². The van der Waals surface area contributed by atoms with Gasteiger partial charge in [0.05, 0.1) is 7.11 Å². The summed E-state index contributed by atoms with van der Waals surface area (Å²) >= 11 is 0. The Morgan fingerprint density at radius 3 is 2.37 bits per heavy atom.